The number of aromatic nitrogens is 1. The van der Waals surface area contributed by atoms with Gasteiger partial charge in [0, 0.05) is 29.7 Å². The molecule has 0 bridgehead atoms. The summed E-state index contributed by atoms with van der Waals surface area (Å²) in [6.45, 7) is 8.65. The van der Waals surface area contributed by atoms with Crippen molar-refractivity contribution >= 4 is 6.21 Å². The monoisotopic (exact) mass is 228 g/mol. The first-order valence-electron chi connectivity index (χ1n) is 6.14. The highest BCUT2D eigenvalue weighted by Crippen LogP contribution is 2.25. The van der Waals surface area contributed by atoms with E-state index in [1.54, 1.807) is 0 Å². The highest BCUT2D eigenvalue weighted by molar-refractivity contribution is 5.69. The van der Waals surface area contributed by atoms with Gasteiger partial charge in [0.25, 0.3) is 0 Å². The first-order valence-corrected chi connectivity index (χ1v) is 6.14. The molecule has 0 amide bonds. The lowest BCUT2D eigenvalue weighted by Crippen LogP contribution is -2.13. The number of rotatable bonds is 1. The standard InChI is InChI=1S/C15H20N2/c1-11-5-6-12(9-16-11)14-8-7-13(10-17-14)15(2,3)4/h5,7-10,12H,6H2,1-4H3. The molecule has 0 saturated heterocycles. The molecule has 0 spiro atoms. The maximum absolute atomic E-state index is 4.57. The van der Waals surface area contributed by atoms with Gasteiger partial charge in [-0.1, -0.05) is 32.9 Å². The molecule has 0 aromatic carbocycles. The number of pyridine rings is 1. The van der Waals surface area contributed by atoms with E-state index in [0.29, 0.717) is 5.92 Å². The Morgan fingerprint density at radius 2 is 2.00 bits per heavy atom. The van der Waals surface area contributed by atoms with Gasteiger partial charge in [-0.2, -0.15) is 0 Å². The number of hydrogen-bond acceptors (Lipinski definition) is 2. The van der Waals surface area contributed by atoms with Crippen LogP contribution in [-0.4, -0.2) is 11.2 Å². The average Bonchev–Trinajstić information content (AvgIpc) is 2.29. The van der Waals surface area contributed by atoms with Crippen molar-refractivity contribution in [3.63, 3.8) is 0 Å². The molecule has 2 nitrogen and oxygen atoms in total. The van der Waals surface area contributed by atoms with Gasteiger partial charge in [-0.15, -0.1) is 0 Å². The molecule has 17 heavy (non-hydrogen) atoms. The van der Waals surface area contributed by atoms with Crippen LogP contribution < -0.4 is 0 Å². The molecule has 0 aliphatic carbocycles. The maximum Gasteiger partial charge on any atom is 0.0491 e. The van der Waals surface area contributed by atoms with Gasteiger partial charge in [0.2, 0.25) is 0 Å². The first kappa shape index (κ1) is 12.0. The molecule has 2 heterocycles. The average molecular weight is 228 g/mol. The molecule has 1 aliphatic heterocycles. The molecule has 0 N–H and O–H groups in total. The quantitative estimate of drug-likeness (QED) is 0.717. The molecule has 1 aliphatic rings. The topological polar surface area (TPSA) is 25.2 Å². The minimum Gasteiger partial charge on any atom is -0.266 e. The highest BCUT2D eigenvalue weighted by Gasteiger charge is 2.16. The zero-order chi connectivity index (χ0) is 12.5. The molecule has 90 valence electrons. The summed E-state index contributed by atoms with van der Waals surface area (Å²) in [5, 5.41) is 0. The Kier molecular flexibility index (Phi) is 3.14. The Morgan fingerprint density at radius 1 is 1.24 bits per heavy atom. The zero-order valence-electron chi connectivity index (χ0n) is 11.1. The van der Waals surface area contributed by atoms with E-state index in [4.69, 9.17) is 0 Å². The van der Waals surface area contributed by atoms with Gasteiger partial charge in [0.15, 0.2) is 0 Å². The van der Waals surface area contributed by atoms with Gasteiger partial charge in [0.1, 0.15) is 0 Å². The van der Waals surface area contributed by atoms with E-state index in [-0.39, 0.29) is 5.41 Å². The van der Waals surface area contributed by atoms with E-state index < -0.39 is 0 Å². The van der Waals surface area contributed by atoms with Gasteiger partial charge < -0.3 is 0 Å². The zero-order valence-corrected chi connectivity index (χ0v) is 11.1. The number of nitrogens with zero attached hydrogens (tertiary/aromatic N) is 2. The maximum atomic E-state index is 4.57. The van der Waals surface area contributed by atoms with Gasteiger partial charge in [-0.25, -0.2) is 0 Å². The summed E-state index contributed by atoms with van der Waals surface area (Å²) in [6, 6.07) is 4.31. The predicted octanol–water partition coefficient (Wildman–Crippen LogP) is 3.84. The van der Waals surface area contributed by atoms with Crippen molar-refractivity contribution in [1.82, 2.24) is 4.98 Å². The van der Waals surface area contributed by atoms with Gasteiger partial charge in [-0.05, 0) is 30.4 Å². The Bertz CT molecular complexity index is 447. The van der Waals surface area contributed by atoms with Crippen molar-refractivity contribution in [3.8, 4) is 0 Å². The second kappa shape index (κ2) is 4.44. The molecular formula is C15H20N2. The van der Waals surface area contributed by atoms with E-state index in [1.165, 1.54) is 5.56 Å². The summed E-state index contributed by atoms with van der Waals surface area (Å²) in [6.07, 6.45) is 7.18. The summed E-state index contributed by atoms with van der Waals surface area (Å²) >= 11 is 0. The normalized spacial score (nSPS) is 20.2. The van der Waals surface area contributed by atoms with Crippen molar-refractivity contribution in [1.29, 1.82) is 0 Å². The van der Waals surface area contributed by atoms with E-state index in [2.05, 4.69) is 49.0 Å². The molecule has 0 fully saturated rings. The second-order valence-electron chi connectivity index (χ2n) is 5.69. The van der Waals surface area contributed by atoms with Gasteiger partial charge >= 0.3 is 0 Å². The third-order valence-corrected chi connectivity index (χ3v) is 3.16. The highest BCUT2D eigenvalue weighted by atomic mass is 14.8. The Labute approximate surface area is 104 Å². The molecule has 2 heteroatoms. The summed E-state index contributed by atoms with van der Waals surface area (Å²) in [7, 11) is 0. The minimum absolute atomic E-state index is 0.169. The van der Waals surface area contributed by atoms with Crippen LogP contribution in [-0.2, 0) is 5.41 Å². The largest absolute Gasteiger partial charge is 0.266 e. The third-order valence-electron chi connectivity index (χ3n) is 3.16. The van der Waals surface area contributed by atoms with Crippen LogP contribution in [0.4, 0.5) is 0 Å². The molecule has 2 rings (SSSR count). The summed E-state index contributed by atoms with van der Waals surface area (Å²) in [4.78, 5) is 8.93. The van der Waals surface area contributed by atoms with E-state index in [0.717, 1.165) is 17.8 Å². The van der Waals surface area contributed by atoms with E-state index >= 15 is 0 Å². The van der Waals surface area contributed by atoms with Crippen LogP contribution in [0.2, 0.25) is 0 Å². The van der Waals surface area contributed by atoms with Crippen molar-refractivity contribution < 1.29 is 0 Å². The molecule has 0 saturated carbocycles. The van der Waals surface area contributed by atoms with Crippen molar-refractivity contribution in [2.24, 2.45) is 4.99 Å². The summed E-state index contributed by atoms with van der Waals surface area (Å²) < 4.78 is 0. The SMILES string of the molecule is CC1=CCC(c2ccc(C(C)(C)C)cn2)C=N1. The van der Waals surface area contributed by atoms with Crippen molar-refractivity contribution in [2.75, 3.05) is 0 Å². The molecule has 1 aromatic heterocycles. The fraction of sp³-hybridized carbons (Fsp3) is 0.467. The first-order chi connectivity index (χ1) is 7.97. The number of aliphatic imine (C=N–C) groups is 1. The lowest BCUT2D eigenvalue weighted by Gasteiger charge is -2.20. The Balaban J connectivity index is 2.17. The fourth-order valence-corrected chi connectivity index (χ4v) is 1.88. The minimum atomic E-state index is 0.169. The van der Waals surface area contributed by atoms with Crippen molar-refractivity contribution in [2.45, 2.75) is 45.4 Å². The van der Waals surface area contributed by atoms with Crippen LogP contribution in [0, 0.1) is 0 Å². The van der Waals surface area contributed by atoms with Crippen molar-refractivity contribution in [3.05, 3.63) is 41.4 Å². The fourth-order valence-electron chi connectivity index (χ4n) is 1.88. The van der Waals surface area contributed by atoms with Gasteiger partial charge in [0.05, 0.1) is 0 Å². The lowest BCUT2D eigenvalue weighted by molar-refractivity contribution is 0.586. The van der Waals surface area contributed by atoms with Crippen LogP contribution in [0.3, 0.4) is 0 Å². The van der Waals surface area contributed by atoms with E-state index in [9.17, 15) is 0 Å². The Hall–Kier alpha value is -1.44. The predicted molar refractivity (Wildman–Crippen MR) is 72.5 cm³/mol. The summed E-state index contributed by atoms with van der Waals surface area (Å²) in [5.41, 5.74) is 3.67. The molecule has 1 unspecified atom stereocenters. The second-order valence-corrected chi connectivity index (χ2v) is 5.69. The van der Waals surface area contributed by atoms with Crippen LogP contribution in [0.1, 0.15) is 51.3 Å². The van der Waals surface area contributed by atoms with Crippen LogP contribution in [0.25, 0.3) is 0 Å². The van der Waals surface area contributed by atoms with Crippen LogP contribution in [0.15, 0.2) is 35.1 Å². The molecule has 0 radical (unpaired) electrons. The molecular weight excluding hydrogens is 208 g/mol. The Morgan fingerprint density at radius 3 is 2.47 bits per heavy atom. The number of hydrogen-bond donors (Lipinski definition) is 0. The molecule has 1 atom stereocenters. The lowest BCUT2D eigenvalue weighted by atomic mass is 9.87. The smallest absolute Gasteiger partial charge is 0.0491 e. The van der Waals surface area contributed by atoms with Crippen LogP contribution in [0.5, 0.6) is 0 Å². The number of allylic oxidation sites excluding steroid dienone is 2. The van der Waals surface area contributed by atoms with E-state index in [1.807, 2.05) is 19.3 Å². The van der Waals surface area contributed by atoms with Crippen LogP contribution >= 0.6 is 0 Å². The van der Waals surface area contributed by atoms with Gasteiger partial charge in [-0.3, -0.25) is 9.98 Å². The third kappa shape index (κ3) is 2.82. The summed E-state index contributed by atoms with van der Waals surface area (Å²) in [5.74, 6) is 0.340. The molecule has 1 aromatic rings.